The number of nitrogens with one attached hydrogen (secondary N) is 1. The van der Waals surface area contributed by atoms with Crippen molar-refractivity contribution in [1.82, 2.24) is 4.57 Å². The number of anilines is 1. The number of rotatable bonds is 5. The lowest BCUT2D eigenvalue weighted by atomic mass is 10.1. The quantitative estimate of drug-likeness (QED) is 0.688. The van der Waals surface area contributed by atoms with Gasteiger partial charge in [-0.2, -0.15) is 0 Å². The van der Waals surface area contributed by atoms with Gasteiger partial charge in [0.1, 0.15) is 11.9 Å². The van der Waals surface area contributed by atoms with E-state index in [2.05, 4.69) is 5.32 Å². The van der Waals surface area contributed by atoms with E-state index < -0.39 is 29.2 Å². The van der Waals surface area contributed by atoms with Gasteiger partial charge in [0.05, 0.1) is 6.42 Å². The summed E-state index contributed by atoms with van der Waals surface area (Å²) < 4.78 is 15.1. The summed E-state index contributed by atoms with van der Waals surface area (Å²) in [6.45, 7) is 1.53. The predicted molar refractivity (Wildman–Crippen MR) is 106 cm³/mol. The topological polar surface area (TPSA) is 94.2 Å². The Balaban J connectivity index is 1.91. The summed E-state index contributed by atoms with van der Waals surface area (Å²) in [7, 11) is 0. The van der Waals surface area contributed by atoms with Crippen LogP contribution in [0.2, 0.25) is 5.02 Å². The third-order valence-electron chi connectivity index (χ3n) is 4.44. The van der Waals surface area contributed by atoms with E-state index >= 15 is 0 Å². The number of carbonyl (C=O) groups excluding carboxylic acids is 2. The zero-order chi connectivity index (χ0) is 20.4. The molecular weight excluding hydrogens is 385 g/mol. The molecule has 3 aromatic rings. The maximum atomic E-state index is 13.9. The van der Waals surface area contributed by atoms with Crippen molar-refractivity contribution in [1.29, 1.82) is 0 Å². The van der Waals surface area contributed by atoms with Crippen molar-refractivity contribution in [2.75, 3.05) is 5.32 Å². The molecule has 8 heteroatoms. The molecule has 3 N–H and O–H groups in total. The van der Waals surface area contributed by atoms with Crippen LogP contribution in [0, 0.1) is 5.82 Å². The maximum absolute atomic E-state index is 13.9. The number of hydrogen-bond acceptors (Lipinski definition) is 3. The fourth-order valence-corrected chi connectivity index (χ4v) is 3.04. The summed E-state index contributed by atoms with van der Waals surface area (Å²) in [5.74, 6) is -1.64. The van der Waals surface area contributed by atoms with Gasteiger partial charge in [0.25, 0.3) is 5.56 Å². The van der Waals surface area contributed by atoms with Crippen LogP contribution in [0.4, 0.5) is 10.1 Å². The standard InChI is InChI=1S/C20H17ClFN3O3/c1-11(19(23)27)25-8-7-14-15(20(25)28)3-2-4-17(14)24-18(26)9-12-5-6-13(21)10-16(12)22/h2-8,10-11H,9H2,1H3,(H2,23,27)(H,24,26). The van der Waals surface area contributed by atoms with Gasteiger partial charge in [0.15, 0.2) is 0 Å². The van der Waals surface area contributed by atoms with Gasteiger partial charge in [0, 0.05) is 27.7 Å². The summed E-state index contributed by atoms with van der Waals surface area (Å²) in [6, 6.07) is 9.76. The van der Waals surface area contributed by atoms with Crippen LogP contribution in [-0.4, -0.2) is 16.4 Å². The van der Waals surface area contributed by atoms with Crippen LogP contribution in [-0.2, 0) is 16.0 Å². The van der Waals surface area contributed by atoms with Crippen molar-refractivity contribution >= 4 is 39.9 Å². The van der Waals surface area contributed by atoms with Crippen LogP contribution in [0.15, 0.2) is 53.5 Å². The Labute approximate surface area is 164 Å². The molecule has 1 aromatic heterocycles. The Hall–Kier alpha value is -3.19. The van der Waals surface area contributed by atoms with E-state index in [1.54, 1.807) is 24.3 Å². The maximum Gasteiger partial charge on any atom is 0.259 e. The Bertz CT molecular complexity index is 1140. The molecule has 0 bridgehead atoms. The highest BCUT2D eigenvalue weighted by Crippen LogP contribution is 2.22. The van der Waals surface area contributed by atoms with Crippen molar-refractivity contribution in [3.05, 3.63) is 75.4 Å². The molecule has 0 aliphatic heterocycles. The number of carbonyl (C=O) groups is 2. The molecule has 0 aliphatic rings. The molecule has 0 saturated carbocycles. The van der Waals surface area contributed by atoms with Gasteiger partial charge in [0.2, 0.25) is 11.8 Å². The molecule has 0 aliphatic carbocycles. The number of benzene rings is 2. The number of nitrogens with two attached hydrogens (primary N) is 1. The fraction of sp³-hybridized carbons (Fsp3) is 0.150. The lowest BCUT2D eigenvalue weighted by Crippen LogP contribution is -2.31. The second-order valence-electron chi connectivity index (χ2n) is 6.33. The van der Waals surface area contributed by atoms with Gasteiger partial charge < -0.3 is 15.6 Å². The normalized spacial score (nSPS) is 12.0. The molecule has 28 heavy (non-hydrogen) atoms. The first-order valence-electron chi connectivity index (χ1n) is 8.45. The van der Waals surface area contributed by atoms with Crippen molar-refractivity contribution in [3.63, 3.8) is 0 Å². The van der Waals surface area contributed by atoms with Crippen molar-refractivity contribution in [2.45, 2.75) is 19.4 Å². The Kier molecular flexibility index (Phi) is 5.46. The van der Waals surface area contributed by atoms with Gasteiger partial charge >= 0.3 is 0 Å². The first-order chi connectivity index (χ1) is 13.3. The van der Waals surface area contributed by atoms with Crippen molar-refractivity contribution < 1.29 is 14.0 Å². The minimum Gasteiger partial charge on any atom is -0.368 e. The predicted octanol–water partition coefficient (Wildman–Crippen LogP) is 3.02. The lowest BCUT2D eigenvalue weighted by molar-refractivity contribution is -0.120. The van der Waals surface area contributed by atoms with Crippen molar-refractivity contribution in [3.8, 4) is 0 Å². The monoisotopic (exact) mass is 401 g/mol. The zero-order valence-electron chi connectivity index (χ0n) is 14.9. The molecule has 6 nitrogen and oxygen atoms in total. The molecule has 1 atom stereocenters. The van der Waals surface area contributed by atoms with Crippen LogP contribution < -0.4 is 16.6 Å². The van der Waals surface area contributed by atoms with Crippen LogP contribution in [0.25, 0.3) is 10.8 Å². The minimum atomic E-state index is -0.803. The largest absolute Gasteiger partial charge is 0.368 e. The zero-order valence-corrected chi connectivity index (χ0v) is 15.7. The molecular formula is C20H17ClFN3O3. The van der Waals surface area contributed by atoms with Gasteiger partial charge in [-0.05, 0) is 42.8 Å². The smallest absolute Gasteiger partial charge is 0.259 e. The molecule has 2 aromatic carbocycles. The third kappa shape index (κ3) is 3.89. The van der Waals surface area contributed by atoms with Gasteiger partial charge in [-0.1, -0.05) is 23.7 Å². The van der Waals surface area contributed by atoms with E-state index in [0.717, 1.165) is 6.07 Å². The summed E-state index contributed by atoms with van der Waals surface area (Å²) in [5, 5.41) is 3.77. The molecule has 0 radical (unpaired) electrons. The van der Waals surface area contributed by atoms with Crippen LogP contribution in [0.3, 0.4) is 0 Å². The summed E-state index contributed by atoms with van der Waals surface area (Å²) in [6.07, 6.45) is 1.27. The first-order valence-corrected chi connectivity index (χ1v) is 8.82. The summed E-state index contributed by atoms with van der Waals surface area (Å²) >= 11 is 5.72. The number of amides is 2. The highest BCUT2D eigenvalue weighted by atomic mass is 35.5. The SMILES string of the molecule is CC(C(N)=O)n1ccc2c(NC(=O)Cc3ccc(Cl)cc3F)cccc2c1=O. The average Bonchev–Trinajstić information content (AvgIpc) is 2.64. The number of pyridine rings is 1. The number of fused-ring (bicyclic) bond motifs is 1. The van der Waals surface area contributed by atoms with E-state index in [-0.39, 0.29) is 17.0 Å². The highest BCUT2D eigenvalue weighted by Gasteiger charge is 2.16. The second kappa shape index (κ2) is 7.82. The fourth-order valence-electron chi connectivity index (χ4n) is 2.88. The minimum absolute atomic E-state index is 0.185. The van der Waals surface area contributed by atoms with Gasteiger partial charge in [-0.3, -0.25) is 14.4 Å². The average molecular weight is 402 g/mol. The van der Waals surface area contributed by atoms with Crippen molar-refractivity contribution in [2.24, 2.45) is 5.73 Å². The lowest BCUT2D eigenvalue weighted by Gasteiger charge is -2.14. The first kappa shape index (κ1) is 19.6. The molecule has 1 heterocycles. The van der Waals surface area contributed by atoms with Gasteiger partial charge in [-0.25, -0.2) is 4.39 Å². The number of hydrogen-bond donors (Lipinski definition) is 2. The molecule has 2 amide bonds. The van der Waals surface area contributed by atoms with Crippen LogP contribution >= 0.6 is 11.6 Å². The van der Waals surface area contributed by atoms with E-state index in [0.29, 0.717) is 16.5 Å². The Morgan fingerprint density at radius 2 is 1.96 bits per heavy atom. The van der Waals surface area contributed by atoms with Crippen LogP contribution in [0.5, 0.6) is 0 Å². The van der Waals surface area contributed by atoms with Crippen LogP contribution in [0.1, 0.15) is 18.5 Å². The molecule has 1 unspecified atom stereocenters. The molecule has 144 valence electrons. The van der Waals surface area contributed by atoms with E-state index in [1.807, 2.05) is 0 Å². The number of halogens is 2. The number of nitrogens with zero attached hydrogens (tertiary/aromatic N) is 1. The number of primary amides is 1. The molecule has 0 saturated heterocycles. The van der Waals surface area contributed by atoms with Gasteiger partial charge in [-0.15, -0.1) is 0 Å². The number of aromatic nitrogens is 1. The third-order valence-corrected chi connectivity index (χ3v) is 4.68. The highest BCUT2D eigenvalue weighted by molar-refractivity contribution is 6.30. The Morgan fingerprint density at radius 1 is 1.21 bits per heavy atom. The summed E-state index contributed by atoms with van der Waals surface area (Å²) in [4.78, 5) is 36.4. The molecule has 3 rings (SSSR count). The Morgan fingerprint density at radius 3 is 2.64 bits per heavy atom. The van der Waals surface area contributed by atoms with E-state index in [4.69, 9.17) is 17.3 Å². The molecule has 0 fully saturated rings. The van der Waals surface area contributed by atoms with E-state index in [1.165, 1.54) is 29.8 Å². The summed E-state index contributed by atoms with van der Waals surface area (Å²) in [5.41, 5.74) is 5.50. The van der Waals surface area contributed by atoms with E-state index in [9.17, 15) is 18.8 Å². The molecule has 0 spiro atoms. The second-order valence-corrected chi connectivity index (χ2v) is 6.77.